The summed E-state index contributed by atoms with van der Waals surface area (Å²) >= 11 is 6.10. The Hall–Kier alpha value is -2.40. The molecule has 0 atom stereocenters. The molecule has 0 saturated heterocycles. The smallest absolute Gasteiger partial charge is 0.170 e. The van der Waals surface area contributed by atoms with E-state index in [1.54, 1.807) is 24.4 Å². The van der Waals surface area contributed by atoms with E-state index < -0.39 is 17.2 Å². The fraction of sp³-hybridized carbons (Fsp3) is 0.211. The topological polar surface area (TPSA) is 44.9 Å². The second-order valence-corrected chi connectivity index (χ2v) is 7.35. The van der Waals surface area contributed by atoms with Gasteiger partial charge in [0.15, 0.2) is 5.78 Å². The predicted octanol–water partition coefficient (Wildman–Crippen LogP) is 5.54. The first-order chi connectivity index (χ1) is 11.8. The zero-order chi connectivity index (χ0) is 17.9. The van der Waals surface area contributed by atoms with Gasteiger partial charge in [-0.1, -0.05) is 29.8 Å². The van der Waals surface area contributed by atoms with Crippen molar-refractivity contribution < 1.29 is 13.6 Å². The van der Waals surface area contributed by atoms with Crippen LogP contribution in [-0.4, -0.2) is 16.3 Å². The summed E-state index contributed by atoms with van der Waals surface area (Å²) in [5.74, 6) is -1.91. The van der Waals surface area contributed by atoms with E-state index in [4.69, 9.17) is 11.6 Å². The van der Waals surface area contributed by atoms with Gasteiger partial charge < -0.3 is 10.3 Å². The molecular formula is C19H15ClF2N2O. The molecule has 128 valence electrons. The lowest BCUT2D eigenvalue weighted by atomic mass is 9.86. The highest BCUT2D eigenvalue weighted by Gasteiger charge is 2.35. The maximum absolute atomic E-state index is 15.2. The maximum Gasteiger partial charge on any atom is 0.170 e. The summed E-state index contributed by atoms with van der Waals surface area (Å²) < 4.78 is 30.0. The van der Waals surface area contributed by atoms with Gasteiger partial charge in [-0.05, 0) is 19.9 Å². The molecule has 0 amide bonds. The number of aromatic nitrogens is 1. The molecule has 0 aliphatic carbocycles. The number of carbonyl (C=O) groups is 1. The van der Waals surface area contributed by atoms with Crippen molar-refractivity contribution >= 4 is 34.0 Å². The molecule has 0 fully saturated rings. The van der Waals surface area contributed by atoms with E-state index in [0.29, 0.717) is 21.5 Å². The zero-order valence-corrected chi connectivity index (χ0v) is 14.4. The Kier molecular flexibility index (Phi) is 3.41. The summed E-state index contributed by atoms with van der Waals surface area (Å²) in [5.41, 5.74) is 0.193. The third-order valence-corrected chi connectivity index (χ3v) is 4.82. The molecule has 3 nitrogen and oxygen atoms in total. The van der Waals surface area contributed by atoms with E-state index in [0.717, 1.165) is 0 Å². The Morgan fingerprint density at radius 2 is 1.96 bits per heavy atom. The third kappa shape index (κ3) is 2.42. The Balaban J connectivity index is 2.01. The first kappa shape index (κ1) is 16.1. The van der Waals surface area contributed by atoms with Crippen molar-refractivity contribution in [1.29, 1.82) is 0 Å². The molecule has 1 aromatic heterocycles. The number of carbonyl (C=O) groups excluding carboxylic acids is 1. The lowest BCUT2D eigenvalue weighted by molar-refractivity contribution is 0.0954. The number of hydrogen-bond donors (Lipinski definition) is 2. The highest BCUT2D eigenvalue weighted by Crippen LogP contribution is 2.40. The second kappa shape index (κ2) is 5.30. The molecule has 4 rings (SSSR count). The molecule has 3 aromatic rings. The van der Waals surface area contributed by atoms with E-state index in [2.05, 4.69) is 10.3 Å². The largest absolute Gasteiger partial charge is 0.379 e. The lowest BCUT2D eigenvalue weighted by Crippen LogP contribution is -2.39. The fourth-order valence-corrected chi connectivity index (χ4v) is 3.68. The van der Waals surface area contributed by atoms with Gasteiger partial charge in [-0.15, -0.1) is 0 Å². The minimum Gasteiger partial charge on any atom is -0.379 e. The van der Waals surface area contributed by atoms with Crippen molar-refractivity contribution in [2.45, 2.75) is 25.8 Å². The first-order valence-electron chi connectivity index (χ1n) is 7.88. The first-order valence-corrected chi connectivity index (χ1v) is 8.25. The van der Waals surface area contributed by atoms with Gasteiger partial charge in [0.25, 0.3) is 0 Å². The molecule has 6 heteroatoms. The monoisotopic (exact) mass is 360 g/mol. The van der Waals surface area contributed by atoms with Gasteiger partial charge in [-0.25, -0.2) is 8.78 Å². The Labute approximate surface area is 148 Å². The van der Waals surface area contributed by atoms with Gasteiger partial charge in [0.2, 0.25) is 0 Å². The second-order valence-electron chi connectivity index (χ2n) is 6.94. The van der Waals surface area contributed by atoms with Crippen molar-refractivity contribution in [2.75, 3.05) is 5.32 Å². The van der Waals surface area contributed by atoms with Crippen LogP contribution in [0.3, 0.4) is 0 Å². The molecule has 0 spiro atoms. The Morgan fingerprint density at radius 3 is 2.72 bits per heavy atom. The average molecular weight is 361 g/mol. The van der Waals surface area contributed by atoms with Gasteiger partial charge in [0.1, 0.15) is 11.6 Å². The number of para-hydroxylation sites is 1. The number of anilines is 1. The molecule has 25 heavy (non-hydrogen) atoms. The normalized spacial score (nSPS) is 16.0. The van der Waals surface area contributed by atoms with Gasteiger partial charge in [-0.2, -0.15) is 0 Å². The molecule has 0 bridgehead atoms. The minimum absolute atomic E-state index is 0.0922. The minimum atomic E-state index is -0.846. The Morgan fingerprint density at radius 1 is 1.20 bits per heavy atom. The zero-order valence-electron chi connectivity index (χ0n) is 13.6. The van der Waals surface area contributed by atoms with Crippen molar-refractivity contribution in [3.8, 4) is 11.1 Å². The van der Waals surface area contributed by atoms with Crippen LogP contribution in [-0.2, 0) is 0 Å². The van der Waals surface area contributed by atoms with Crippen LogP contribution in [0, 0.1) is 11.6 Å². The van der Waals surface area contributed by atoms with Crippen LogP contribution in [0.2, 0.25) is 5.02 Å². The summed E-state index contributed by atoms with van der Waals surface area (Å²) in [6.07, 6.45) is 1.71. The number of aromatic amines is 1. The molecule has 0 saturated carbocycles. The van der Waals surface area contributed by atoms with Crippen LogP contribution in [0.4, 0.5) is 14.5 Å². The summed E-state index contributed by atoms with van der Waals surface area (Å²) in [7, 11) is 0. The van der Waals surface area contributed by atoms with Crippen LogP contribution in [0.15, 0.2) is 30.5 Å². The molecule has 0 radical (unpaired) electrons. The maximum atomic E-state index is 15.2. The summed E-state index contributed by atoms with van der Waals surface area (Å²) in [4.78, 5) is 15.4. The van der Waals surface area contributed by atoms with Crippen LogP contribution >= 0.6 is 11.6 Å². The van der Waals surface area contributed by atoms with E-state index in [1.165, 1.54) is 6.07 Å². The van der Waals surface area contributed by atoms with Crippen LogP contribution < -0.4 is 5.32 Å². The molecule has 1 aliphatic heterocycles. The highest BCUT2D eigenvalue weighted by molar-refractivity contribution is 6.36. The molecule has 2 heterocycles. The SMILES string of the molecule is CC1(C)CC(=O)c2c(cc(F)c(-c3cccc4c(Cl)c[nH]c34)c2F)N1. The number of halogens is 3. The third-order valence-electron chi connectivity index (χ3n) is 4.51. The summed E-state index contributed by atoms with van der Waals surface area (Å²) in [5, 5.41) is 4.17. The van der Waals surface area contributed by atoms with Crippen molar-refractivity contribution in [2.24, 2.45) is 0 Å². The van der Waals surface area contributed by atoms with Gasteiger partial charge >= 0.3 is 0 Å². The average Bonchev–Trinajstić information content (AvgIpc) is 2.87. The van der Waals surface area contributed by atoms with E-state index in [-0.39, 0.29) is 29.0 Å². The quantitative estimate of drug-likeness (QED) is 0.598. The number of rotatable bonds is 1. The number of hydrogen-bond acceptors (Lipinski definition) is 2. The van der Waals surface area contributed by atoms with Gasteiger partial charge in [-0.3, -0.25) is 4.79 Å². The van der Waals surface area contributed by atoms with E-state index in [1.807, 2.05) is 13.8 Å². The van der Waals surface area contributed by atoms with Crippen molar-refractivity contribution in [3.63, 3.8) is 0 Å². The van der Waals surface area contributed by atoms with Gasteiger partial charge in [0, 0.05) is 29.1 Å². The number of nitrogens with one attached hydrogen (secondary N) is 2. The predicted molar refractivity (Wildman–Crippen MR) is 95.3 cm³/mol. The number of ketones is 1. The summed E-state index contributed by atoms with van der Waals surface area (Å²) in [6, 6.07) is 6.24. The molecule has 2 aromatic carbocycles. The standard InChI is InChI=1S/C19H15ClF2N2O/c1-19(2)7-14(25)16-13(24-19)6-12(21)15(17(16)22)10-5-3-4-9-11(20)8-23-18(9)10/h3-6,8,23-24H,7H2,1-2H3. The lowest BCUT2D eigenvalue weighted by Gasteiger charge is -2.33. The molecule has 0 unspecified atom stereocenters. The highest BCUT2D eigenvalue weighted by atomic mass is 35.5. The number of H-pyrrole nitrogens is 1. The number of Topliss-reactive ketones (excluding diaryl/α,β-unsaturated/α-hetero) is 1. The molecular weight excluding hydrogens is 346 g/mol. The van der Waals surface area contributed by atoms with Crippen LogP contribution in [0.1, 0.15) is 30.6 Å². The fourth-order valence-electron chi connectivity index (χ4n) is 3.46. The Bertz CT molecular complexity index is 1040. The molecule has 2 N–H and O–H groups in total. The van der Waals surface area contributed by atoms with Crippen LogP contribution in [0.25, 0.3) is 22.0 Å². The van der Waals surface area contributed by atoms with E-state index >= 15 is 4.39 Å². The van der Waals surface area contributed by atoms with E-state index in [9.17, 15) is 9.18 Å². The van der Waals surface area contributed by atoms with Crippen molar-refractivity contribution in [3.05, 3.63) is 52.7 Å². The number of fused-ring (bicyclic) bond motifs is 2. The van der Waals surface area contributed by atoms with Crippen molar-refractivity contribution in [1.82, 2.24) is 4.98 Å². The molecule has 1 aliphatic rings. The number of benzene rings is 2. The van der Waals surface area contributed by atoms with Gasteiger partial charge in [0.05, 0.1) is 27.4 Å². The van der Waals surface area contributed by atoms with Crippen LogP contribution in [0.5, 0.6) is 0 Å². The summed E-state index contributed by atoms with van der Waals surface area (Å²) in [6.45, 7) is 3.64.